The second-order valence-electron chi connectivity index (χ2n) is 5.63. The van der Waals surface area contributed by atoms with Crippen molar-refractivity contribution in [2.75, 3.05) is 11.4 Å². The highest BCUT2D eigenvalue weighted by Crippen LogP contribution is 2.37. The van der Waals surface area contributed by atoms with Crippen LogP contribution in [0.15, 0.2) is 6.07 Å². The number of aliphatic carboxylic acids is 1. The van der Waals surface area contributed by atoms with Crippen LogP contribution in [0.5, 0.6) is 0 Å². The highest BCUT2D eigenvalue weighted by atomic mass is 127. The normalized spacial score (nSPS) is 16.5. The van der Waals surface area contributed by atoms with Crippen LogP contribution in [0.1, 0.15) is 38.2 Å². The predicted molar refractivity (Wildman–Crippen MR) is 116 cm³/mol. The van der Waals surface area contributed by atoms with Crippen molar-refractivity contribution in [2.24, 2.45) is 5.92 Å². The minimum absolute atomic E-state index is 0.171. The van der Waals surface area contributed by atoms with Crippen molar-refractivity contribution in [3.05, 3.63) is 22.3 Å². The van der Waals surface area contributed by atoms with Crippen LogP contribution in [-0.4, -0.2) is 23.5 Å². The second kappa shape index (κ2) is 8.63. The number of benzene rings is 1. The van der Waals surface area contributed by atoms with Gasteiger partial charge in [0.2, 0.25) is 5.91 Å². The number of hydrogen-bond donors (Lipinski definition) is 1. The van der Waals surface area contributed by atoms with Gasteiger partial charge in [0.15, 0.2) is 0 Å². The second-order valence-corrected chi connectivity index (χ2v) is 9.03. The lowest BCUT2D eigenvalue weighted by Crippen LogP contribution is -2.36. The molecule has 0 bridgehead atoms. The van der Waals surface area contributed by atoms with Crippen molar-refractivity contribution in [1.29, 1.82) is 0 Å². The molecule has 1 heterocycles. The number of amides is 1. The number of carboxylic acids is 1. The molecule has 1 unspecified atom stereocenters. The van der Waals surface area contributed by atoms with Crippen LogP contribution < -0.4 is 4.90 Å². The van der Waals surface area contributed by atoms with Gasteiger partial charge >= 0.3 is 5.97 Å². The van der Waals surface area contributed by atoms with Crippen LogP contribution in [0.4, 0.5) is 5.69 Å². The molecule has 1 saturated heterocycles. The minimum Gasteiger partial charge on any atom is -0.481 e. The Hall–Kier alpha value is 0.350. The number of carbonyl (C=O) groups is 2. The number of carboxylic acid groups (broad SMARTS) is 1. The van der Waals surface area contributed by atoms with Crippen molar-refractivity contribution >= 4 is 85.3 Å². The number of anilines is 1. The molecule has 2 rings (SSSR count). The van der Waals surface area contributed by atoms with E-state index in [0.29, 0.717) is 19.3 Å². The average Bonchev–Trinajstić information content (AvgIpc) is 2.48. The number of carbonyl (C=O) groups excluding carboxylic acids is 1. The summed E-state index contributed by atoms with van der Waals surface area (Å²) in [6.45, 7) is 2.65. The third-order valence-electron chi connectivity index (χ3n) is 4.13. The molecule has 126 valence electrons. The maximum absolute atomic E-state index is 12.3. The number of halogens is 3. The first-order valence-corrected chi connectivity index (χ1v) is 10.8. The molecule has 1 aromatic rings. The van der Waals surface area contributed by atoms with Crippen molar-refractivity contribution in [3.8, 4) is 0 Å². The van der Waals surface area contributed by atoms with E-state index in [1.165, 1.54) is 0 Å². The van der Waals surface area contributed by atoms with Gasteiger partial charge in [-0.05, 0) is 105 Å². The zero-order chi connectivity index (χ0) is 17.1. The third-order valence-corrected chi connectivity index (χ3v) is 7.07. The fourth-order valence-electron chi connectivity index (χ4n) is 2.75. The Morgan fingerprint density at radius 3 is 2.57 bits per heavy atom. The molecular formula is C16H18I3NO3. The van der Waals surface area contributed by atoms with E-state index >= 15 is 0 Å². The van der Waals surface area contributed by atoms with E-state index in [0.717, 1.165) is 41.3 Å². The molecular weight excluding hydrogens is 635 g/mol. The third kappa shape index (κ3) is 4.50. The van der Waals surface area contributed by atoms with Gasteiger partial charge in [-0.15, -0.1) is 0 Å². The van der Waals surface area contributed by atoms with Crippen molar-refractivity contribution in [2.45, 2.75) is 39.0 Å². The highest BCUT2D eigenvalue weighted by Gasteiger charge is 2.27. The molecule has 1 atom stereocenters. The molecule has 1 N–H and O–H groups in total. The molecule has 0 aliphatic carbocycles. The molecule has 0 spiro atoms. The van der Waals surface area contributed by atoms with Crippen LogP contribution in [0.3, 0.4) is 0 Å². The summed E-state index contributed by atoms with van der Waals surface area (Å²) in [6.07, 6.45) is 3.68. The topological polar surface area (TPSA) is 57.6 Å². The molecule has 0 aromatic heterocycles. The van der Waals surface area contributed by atoms with Crippen LogP contribution in [-0.2, 0) is 16.0 Å². The van der Waals surface area contributed by atoms with Gasteiger partial charge in [0, 0.05) is 23.7 Å². The highest BCUT2D eigenvalue weighted by molar-refractivity contribution is 14.1. The van der Waals surface area contributed by atoms with E-state index in [9.17, 15) is 14.7 Å². The summed E-state index contributed by atoms with van der Waals surface area (Å²) in [4.78, 5) is 25.6. The van der Waals surface area contributed by atoms with Crippen molar-refractivity contribution < 1.29 is 14.7 Å². The van der Waals surface area contributed by atoms with Crippen LogP contribution in [0.2, 0.25) is 0 Å². The summed E-state index contributed by atoms with van der Waals surface area (Å²) in [5, 5.41) is 9.36. The molecule has 1 aliphatic heterocycles. The fraction of sp³-hybridized carbons (Fsp3) is 0.500. The Kier molecular flexibility index (Phi) is 7.38. The molecule has 4 nitrogen and oxygen atoms in total. The van der Waals surface area contributed by atoms with Gasteiger partial charge in [-0.1, -0.05) is 6.92 Å². The molecule has 7 heteroatoms. The van der Waals surface area contributed by atoms with Gasteiger partial charge in [0.1, 0.15) is 0 Å². The zero-order valence-corrected chi connectivity index (χ0v) is 19.2. The Labute approximate surface area is 177 Å². The van der Waals surface area contributed by atoms with Gasteiger partial charge in [-0.2, -0.15) is 0 Å². The van der Waals surface area contributed by atoms with Crippen molar-refractivity contribution in [3.63, 3.8) is 0 Å². The molecule has 1 fully saturated rings. The Morgan fingerprint density at radius 1 is 1.30 bits per heavy atom. The summed E-state index contributed by atoms with van der Waals surface area (Å²) in [5.41, 5.74) is 2.01. The monoisotopic (exact) mass is 653 g/mol. The predicted octanol–water partition coefficient (Wildman–Crippen LogP) is 4.67. The lowest BCUT2D eigenvalue weighted by Gasteiger charge is -2.30. The maximum atomic E-state index is 12.3. The van der Waals surface area contributed by atoms with Crippen LogP contribution >= 0.6 is 67.8 Å². The smallest absolute Gasteiger partial charge is 0.306 e. The first-order valence-electron chi connectivity index (χ1n) is 7.56. The quantitative estimate of drug-likeness (QED) is 0.471. The van der Waals surface area contributed by atoms with Gasteiger partial charge in [0.05, 0.1) is 11.6 Å². The Morgan fingerprint density at radius 2 is 2.00 bits per heavy atom. The number of nitrogens with zero attached hydrogens (tertiary/aromatic N) is 1. The number of hydrogen-bond acceptors (Lipinski definition) is 2. The maximum Gasteiger partial charge on any atom is 0.306 e. The first kappa shape index (κ1) is 19.7. The van der Waals surface area contributed by atoms with E-state index < -0.39 is 5.97 Å². The first-order chi connectivity index (χ1) is 10.9. The minimum atomic E-state index is -0.756. The molecule has 1 aliphatic rings. The Balaban J connectivity index is 2.46. The van der Waals surface area contributed by atoms with E-state index in [4.69, 9.17) is 0 Å². The largest absolute Gasteiger partial charge is 0.481 e. The molecule has 0 radical (unpaired) electrons. The summed E-state index contributed by atoms with van der Waals surface area (Å²) in [6, 6.07) is 2.06. The van der Waals surface area contributed by atoms with E-state index in [1.807, 2.05) is 11.8 Å². The van der Waals surface area contributed by atoms with Crippen LogP contribution in [0, 0.1) is 16.6 Å². The van der Waals surface area contributed by atoms with Gasteiger partial charge < -0.3 is 10.0 Å². The van der Waals surface area contributed by atoms with Gasteiger partial charge in [-0.25, -0.2) is 0 Å². The summed E-state index contributed by atoms with van der Waals surface area (Å²) < 4.78 is 3.15. The SMILES string of the molecule is CCC(Cc1c(I)cc(I)c(N2CCCCC2=O)c1I)C(=O)O. The van der Waals surface area contributed by atoms with E-state index in [-0.39, 0.29) is 11.8 Å². The van der Waals surface area contributed by atoms with Gasteiger partial charge in [0.25, 0.3) is 0 Å². The molecule has 0 saturated carbocycles. The van der Waals surface area contributed by atoms with Crippen molar-refractivity contribution in [1.82, 2.24) is 0 Å². The summed E-state index contributed by atoms with van der Waals surface area (Å²) in [5.74, 6) is -0.972. The average molecular weight is 653 g/mol. The number of rotatable bonds is 5. The molecule has 1 amide bonds. The van der Waals surface area contributed by atoms with Gasteiger partial charge in [-0.3, -0.25) is 9.59 Å². The Bertz CT molecular complexity index is 633. The molecule has 1 aromatic carbocycles. The lowest BCUT2D eigenvalue weighted by atomic mass is 9.96. The summed E-state index contributed by atoms with van der Waals surface area (Å²) >= 11 is 6.83. The van der Waals surface area contributed by atoms with Crippen LogP contribution in [0.25, 0.3) is 0 Å². The van der Waals surface area contributed by atoms with E-state index in [1.54, 1.807) is 0 Å². The fourth-order valence-corrected chi connectivity index (χ4v) is 7.14. The number of piperidine rings is 1. The lowest BCUT2D eigenvalue weighted by molar-refractivity contribution is -0.141. The standard InChI is InChI=1S/C16H18I3NO3/c1-2-9(16(22)23)7-10-11(17)8-12(18)15(14(10)19)20-6-4-3-5-13(20)21/h8-9H,2-7H2,1H3,(H,22,23). The summed E-state index contributed by atoms with van der Waals surface area (Å²) in [7, 11) is 0. The zero-order valence-electron chi connectivity index (χ0n) is 12.7. The van der Waals surface area contributed by atoms with E-state index in [2.05, 4.69) is 73.8 Å². The molecule has 23 heavy (non-hydrogen) atoms.